The molecule has 0 atom stereocenters. The van der Waals surface area contributed by atoms with E-state index in [0.717, 1.165) is 0 Å². The first kappa shape index (κ1) is 14.5. The average Bonchev–Trinajstić information content (AvgIpc) is 2.42. The van der Waals surface area contributed by atoms with Crippen molar-refractivity contribution in [2.45, 2.75) is 0 Å². The third kappa shape index (κ3) is 3.15. The summed E-state index contributed by atoms with van der Waals surface area (Å²) in [4.78, 5) is 12.3. The van der Waals surface area contributed by atoms with Gasteiger partial charge in [-0.25, -0.2) is 0 Å². The van der Waals surface area contributed by atoms with Gasteiger partial charge in [-0.1, -0.05) is 23.2 Å². The number of benzene rings is 2. The Hall–Kier alpha value is -1.91. The lowest BCUT2D eigenvalue weighted by atomic mass is 10.1. The van der Waals surface area contributed by atoms with Crippen LogP contribution in [-0.4, -0.2) is 13.0 Å². The van der Waals surface area contributed by atoms with Crippen molar-refractivity contribution in [3.8, 4) is 5.75 Å². The molecule has 20 heavy (non-hydrogen) atoms. The van der Waals surface area contributed by atoms with Crippen LogP contribution >= 0.6 is 23.2 Å². The molecule has 3 N–H and O–H groups in total. The van der Waals surface area contributed by atoms with E-state index in [1.807, 2.05) is 0 Å². The molecule has 0 saturated carbocycles. The Balaban J connectivity index is 2.32. The maximum atomic E-state index is 12.3. The third-order valence-corrected chi connectivity index (χ3v) is 3.21. The smallest absolute Gasteiger partial charge is 0.259 e. The van der Waals surface area contributed by atoms with Crippen LogP contribution in [0.3, 0.4) is 0 Å². The molecule has 2 rings (SSSR count). The van der Waals surface area contributed by atoms with Gasteiger partial charge in [0.2, 0.25) is 0 Å². The number of hydrogen-bond donors (Lipinski definition) is 2. The molecule has 1 amide bonds. The van der Waals surface area contributed by atoms with Gasteiger partial charge in [-0.05, 0) is 36.4 Å². The zero-order valence-corrected chi connectivity index (χ0v) is 12.1. The van der Waals surface area contributed by atoms with E-state index in [4.69, 9.17) is 33.7 Å². The van der Waals surface area contributed by atoms with E-state index < -0.39 is 0 Å². The number of nitrogens with one attached hydrogen (secondary N) is 1. The van der Waals surface area contributed by atoms with Gasteiger partial charge >= 0.3 is 0 Å². The Bertz CT molecular complexity index is 660. The van der Waals surface area contributed by atoms with Crippen molar-refractivity contribution < 1.29 is 9.53 Å². The maximum absolute atomic E-state index is 12.3. The number of rotatable bonds is 3. The SMILES string of the molecule is COc1ccc(N)cc1C(=O)Nc1cc(Cl)ccc1Cl. The first-order valence-corrected chi connectivity index (χ1v) is 6.47. The number of anilines is 2. The third-order valence-electron chi connectivity index (χ3n) is 2.64. The molecular weight excluding hydrogens is 299 g/mol. The highest BCUT2D eigenvalue weighted by Crippen LogP contribution is 2.27. The second-order valence-electron chi connectivity index (χ2n) is 4.04. The largest absolute Gasteiger partial charge is 0.496 e. The van der Waals surface area contributed by atoms with E-state index in [9.17, 15) is 4.79 Å². The Kier molecular flexibility index (Phi) is 4.37. The summed E-state index contributed by atoms with van der Waals surface area (Å²) in [6.45, 7) is 0. The lowest BCUT2D eigenvalue weighted by Crippen LogP contribution is -2.14. The molecule has 0 aliphatic carbocycles. The van der Waals surface area contributed by atoms with Crippen LogP contribution in [0, 0.1) is 0 Å². The Labute approximate surface area is 126 Å². The predicted octanol–water partition coefficient (Wildman–Crippen LogP) is 3.84. The van der Waals surface area contributed by atoms with Gasteiger partial charge < -0.3 is 15.8 Å². The summed E-state index contributed by atoms with van der Waals surface area (Å²) in [6.07, 6.45) is 0. The molecule has 0 aliphatic rings. The highest BCUT2D eigenvalue weighted by molar-refractivity contribution is 6.35. The highest BCUT2D eigenvalue weighted by Gasteiger charge is 2.14. The van der Waals surface area contributed by atoms with Crippen molar-refractivity contribution in [1.29, 1.82) is 0 Å². The van der Waals surface area contributed by atoms with Gasteiger partial charge in [0.1, 0.15) is 5.75 Å². The molecule has 0 bridgehead atoms. The van der Waals surface area contributed by atoms with Crippen LogP contribution in [0.15, 0.2) is 36.4 Å². The molecule has 4 nitrogen and oxygen atoms in total. The fraction of sp³-hybridized carbons (Fsp3) is 0.0714. The lowest BCUT2D eigenvalue weighted by molar-refractivity contribution is 0.102. The molecule has 0 fully saturated rings. The van der Waals surface area contributed by atoms with E-state index in [2.05, 4.69) is 5.32 Å². The first-order chi connectivity index (χ1) is 9.51. The molecule has 0 unspecified atom stereocenters. The van der Waals surface area contributed by atoms with Gasteiger partial charge in [-0.3, -0.25) is 4.79 Å². The zero-order chi connectivity index (χ0) is 14.7. The fourth-order valence-corrected chi connectivity index (χ4v) is 2.02. The van der Waals surface area contributed by atoms with Crippen molar-refractivity contribution in [2.24, 2.45) is 0 Å². The van der Waals surface area contributed by atoms with Crippen molar-refractivity contribution in [3.63, 3.8) is 0 Å². The number of ether oxygens (including phenoxy) is 1. The van der Waals surface area contributed by atoms with Crippen molar-refractivity contribution in [1.82, 2.24) is 0 Å². The van der Waals surface area contributed by atoms with Crippen LogP contribution < -0.4 is 15.8 Å². The summed E-state index contributed by atoms with van der Waals surface area (Å²) in [5, 5.41) is 3.55. The van der Waals surface area contributed by atoms with E-state index >= 15 is 0 Å². The highest BCUT2D eigenvalue weighted by atomic mass is 35.5. The molecule has 0 radical (unpaired) electrons. The molecule has 6 heteroatoms. The number of halogens is 2. The fourth-order valence-electron chi connectivity index (χ4n) is 1.69. The van der Waals surface area contributed by atoms with Gasteiger partial charge in [0.25, 0.3) is 5.91 Å². The van der Waals surface area contributed by atoms with E-state index in [1.165, 1.54) is 13.2 Å². The minimum atomic E-state index is -0.377. The minimum Gasteiger partial charge on any atom is -0.496 e. The van der Waals surface area contributed by atoms with Gasteiger partial charge in [-0.2, -0.15) is 0 Å². The van der Waals surface area contributed by atoms with Crippen LogP contribution in [0.2, 0.25) is 10.0 Å². The summed E-state index contributed by atoms with van der Waals surface area (Å²) < 4.78 is 5.14. The van der Waals surface area contributed by atoms with Crippen molar-refractivity contribution in [2.75, 3.05) is 18.2 Å². The summed E-state index contributed by atoms with van der Waals surface area (Å²) in [7, 11) is 1.48. The van der Waals surface area contributed by atoms with Crippen LogP contribution in [0.1, 0.15) is 10.4 Å². The molecule has 0 aliphatic heterocycles. The monoisotopic (exact) mass is 310 g/mol. The maximum Gasteiger partial charge on any atom is 0.259 e. The molecule has 2 aromatic carbocycles. The molecule has 0 heterocycles. The van der Waals surface area contributed by atoms with Gasteiger partial charge in [0, 0.05) is 10.7 Å². The standard InChI is InChI=1S/C14H12Cl2N2O2/c1-20-13-5-3-9(17)7-10(13)14(19)18-12-6-8(15)2-4-11(12)16/h2-7H,17H2,1H3,(H,18,19). The van der Waals surface area contributed by atoms with E-state index in [-0.39, 0.29) is 5.91 Å². The number of carbonyl (C=O) groups is 1. The van der Waals surface area contributed by atoms with Gasteiger partial charge in [-0.15, -0.1) is 0 Å². The number of carbonyl (C=O) groups excluding carboxylic acids is 1. The molecular formula is C14H12Cl2N2O2. The van der Waals surface area contributed by atoms with E-state index in [0.29, 0.717) is 32.7 Å². The molecule has 0 spiro atoms. The Morgan fingerprint density at radius 3 is 2.65 bits per heavy atom. The number of hydrogen-bond acceptors (Lipinski definition) is 3. The quantitative estimate of drug-likeness (QED) is 0.847. The number of methoxy groups -OCH3 is 1. The normalized spacial score (nSPS) is 10.2. The molecule has 0 aromatic heterocycles. The number of amides is 1. The number of nitrogens with two attached hydrogens (primary N) is 1. The second-order valence-corrected chi connectivity index (χ2v) is 4.88. The summed E-state index contributed by atoms with van der Waals surface area (Å²) in [5.41, 5.74) is 6.90. The van der Waals surface area contributed by atoms with Gasteiger partial charge in [0.05, 0.1) is 23.4 Å². The molecule has 0 saturated heterocycles. The molecule has 104 valence electrons. The average molecular weight is 311 g/mol. The first-order valence-electron chi connectivity index (χ1n) is 5.71. The predicted molar refractivity (Wildman–Crippen MR) is 81.8 cm³/mol. The van der Waals surface area contributed by atoms with Crippen molar-refractivity contribution in [3.05, 3.63) is 52.0 Å². The van der Waals surface area contributed by atoms with Crippen LogP contribution in [-0.2, 0) is 0 Å². The summed E-state index contributed by atoms with van der Waals surface area (Å²) in [5.74, 6) is 0.0492. The zero-order valence-electron chi connectivity index (χ0n) is 10.6. The number of nitrogen functional groups attached to an aromatic ring is 1. The summed E-state index contributed by atoms with van der Waals surface area (Å²) >= 11 is 11.9. The van der Waals surface area contributed by atoms with Gasteiger partial charge in [0.15, 0.2) is 0 Å². The second kappa shape index (κ2) is 6.03. The lowest BCUT2D eigenvalue weighted by Gasteiger charge is -2.11. The van der Waals surface area contributed by atoms with Crippen LogP contribution in [0.4, 0.5) is 11.4 Å². The summed E-state index contributed by atoms with van der Waals surface area (Å²) in [6, 6.07) is 9.63. The van der Waals surface area contributed by atoms with Crippen LogP contribution in [0.5, 0.6) is 5.75 Å². The van der Waals surface area contributed by atoms with E-state index in [1.54, 1.807) is 30.3 Å². The minimum absolute atomic E-state index is 0.323. The Morgan fingerprint density at radius 2 is 1.95 bits per heavy atom. The Morgan fingerprint density at radius 1 is 1.20 bits per heavy atom. The van der Waals surface area contributed by atoms with Crippen molar-refractivity contribution >= 4 is 40.5 Å². The topological polar surface area (TPSA) is 64.3 Å². The molecule has 2 aromatic rings. The van der Waals surface area contributed by atoms with Crippen LogP contribution in [0.25, 0.3) is 0 Å².